The summed E-state index contributed by atoms with van der Waals surface area (Å²) >= 11 is 0. The van der Waals surface area contributed by atoms with E-state index in [-0.39, 0.29) is 11.9 Å². The normalized spacial score (nSPS) is 20.8. The Kier molecular flexibility index (Phi) is 1.78. The van der Waals surface area contributed by atoms with Crippen LogP contribution < -0.4 is 5.32 Å². The molecule has 0 saturated carbocycles. The van der Waals surface area contributed by atoms with Crippen LogP contribution in [0.25, 0.3) is 10.9 Å². The SMILES string of the molecule is O=C1CC[C@@H](c2cc3ccccc3[nH]2)N1. The quantitative estimate of drug-likeness (QED) is 0.727. The van der Waals surface area contributed by atoms with Crippen LogP contribution in [0.5, 0.6) is 0 Å². The minimum atomic E-state index is 0.152. The number of H-pyrrole nitrogens is 1. The molecule has 0 spiro atoms. The summed E-state index contributed by atoms with van der Waals surface area (Å²) in [6.45, 7) is 0. The highest BCUT2D eigenvalue weighted by Gasteiger charge is 2.23. The number of para-hydroxylation sites is 1. The third-order valence-electron chi connectivity index (χ3n) is 2.92. The molecule has 1 saturated heterocycles. The van der Waals surface area contributed by atoms with Crippen molar-refractivity contribution in [2.45, 2.75) is 18.9 Å². The topological polar surface area (TPSA) is 44.9 Å². The number of amides is 1. The molecule has 1 aliphatic heterocycles. The van der Waals surface area contributed by atoms with E-state index >= 15 is 0 Å². The van der Waals surface area contributed by atoms with Crippen molar-refractivity contribution in [1.29, 1.82) is 0 Å². The summed E-state index contributed by atoms with van der Waals surface area (Å²) in [5.74, 6) is 0.152. The molecule has 3 rings (SSSR count). The Bertz CT molecular complexity index is 482. The van der Waals surface area contributed by atoms with Crippen molar-refractivity contribution in [2.75, 3.05) is 0 Å². The molecule has 3 heteroatoms. The second-order valence-corrected chi connectivity index (χ2v) is 3.97. The molecule has 76 valence electrons. The van der Waals surface area contributed by atoms with Gasteiger partial charge in [-0.25, -0.2) is 0 Å². The lowest BCUT2D eigenvalue weighted by atomic mass is 10.1. The zero-order valence-corrected chi connectivity index (χ0v) is 8.29. The van der Waals surface area contributed by atoms with E-state index in [0.717, 1.165) is 17.6 Å². The van der Waals surface area contributed by atoms with Crippen molar-refractivity contribution < 1.29 is 4.79 Å². The first-order valence-electron chi connectivity index (χ1n) is 5.20. The van der Waals surface area contributed by atoms with E-state index < -0.39 is 0 Å². The third-order valence-corrected chi connectivity index (χ3v) is 2.92. The molecule has 1 aromatic carbocycles. The summed E-state index contributed by atoms with van der Waals surface area (Å²) in [6, 6.07) is 10.4. The average molecular weight is 200 g/mol. The zero-order chi connectivity index (χ0) is 10.3. The number of fused-ring (bicyclic) bond motifs is 1. The summed E-state index contributed by atoms with van der Waals surface area (Å²) in [6.07, 6.45) is 1.53. The van der Waals surface area contributed by atoms with Crippen molar-refractivity contribution in [3.63, 3.8) is 0 Å². The van der Waals surface area contributed by atoms with E-state index in [2.05, 4.69) is 28.5 Å². The summed E-state index contributed by atoms with van der Waals surface area (Å²) in [5.41, 5.74) is 2.25. The number of hydrogen-bond donors (Lipinski definition) is 2. The van der Waals surface area contributed by atoms with Crippen molar-refractivity contribution in [3.8, 4) is 0 Å². The maximum absolute atomic E-state index is 11.1. The van der Waals surface area contributed by atoms with E-state index in [1.54, 1.807) is 0 Å². The number of aromatic amines is 1. The molecule has 2 heterocycles. The molecule has 1 aliphatic rings. The van der Waals surface area contributed by atoms with Crippen molar-refractivity contribution in [1.82, 2.24) is 10.3 Å². The van der Waals surface area contributed by atoms with Gasteiger partial charge in [-0.2, -0.15) is 0 Å². The average Bonchev–Trinajstić information content (AvgIpc) is 2.82. The standard InChI is InChI=1S/C12H12N2O/c15-12-6-5-10(14-12)11-7-8-3-1-2-4-9(8)13-11/h1-4,7,10,13H,5-6H2,(H,14,15)/t10-/m0/s1. The Morgan fingerprint density at radius 2 is 2.13 bits per heavy atom. The van der Waals surface area contributed by atoms with Gasteiger partial charge in [0.2, 0.25) is 5.91 Å². The molecule has 1 amide bonds. The predicted molar refractivity (Wildman–Crippen MR) is 58.4 cm³/mol. The molecule has 1 aromatic heterocycles. The Hall–Kier alpha value is -1.77. The lowest BCUT2D eigenvalue weighted by Crippen LogP contribution is -2.18. The molecule has 2 aromatic rings. The van der Waals surface area contributed by atoms with E-state index in [1.807, 2.05) is 12.1 Å². The van der Waals surface area contributed by atoms with Crippen LogP contribution in [0, 0.1) is 0 Å². The highest BCUT2D eigenvalue weighted by Crippen LogP contribution is 2.26. The van der Waals surface area contributed by atoms with Gasteiger partial charge in [0, 0.05) is 17.6 Å². The lowest BCUT2D eigenvalue weighted by molar-refractivity contribution is -0.119. The fourth-order valence-electron chi connectivity index (χ4n) is 2.13. The highest BCUT2D eigenvalue weighted by molar-refractivity contribution is 5.82. The van der Waals surface area contributed by atoms with Crippen molar-refractivity contribution >= 4 is 16.8 Å². The lowest BCUT2D eigenvalue weighted by Gasteiger charge is -2.06. The summed E-state index contributed by atoms with van der Waals surface area (Å²) in [4.78, 5) is 14.5. The molecule has 0 aliphatic carbocycles. The largest absolute Gasteiger partial charge is 0.357 e. The fraction of sp³-hybridized carbons (Fsp3) is 0.250. The first-order chi connectivity index (χ1) is 7.33. The zero-order valence-electron chi connectivity index (χ0n) is 8.29. The molecular weight excluding hydrogens is 188 g/mol. The third kappa shape index (κ3) is 1.40. The van der Waals surface area contributed by atoms with Gasteiger partial charge in [0.05, 0.1) is 6.04 Å². The second kappa shape index (κ2) is 3.12. The number of aromatic nitrogens is 1. The molecule has 3 nitrogen and oxygen atoms in total. The van der Waals surface area contributed by atoms with Crippen LogP contribution in [0.3, 0.4) is 0 Å². The van der Waals surface area contributed by atoms with Gasteiger partial charge in [-0.05, 0) is 23.9 Å². The van der Waals surface area contributed by atoms with Crippen molar-refractivity contribution in [3.05, 3.63) is 36.0 Å². The monoisotopic (exact) mass is 200 g/mol. The molecule has 1 atom stereocenters. The molecule has 0 bridgehead atoms. The first kappa shape index (κ1) is 8.53. The molecular formula is C12H12N2O. The summed E-state index contributed by atoms with van der Waals surface area (Å²) in [7, 11) is 0. The van der Waals surface area contributed by atoms with E-state index in [4.69, 9.17) is 0 Å². The number of nitrogens with one attached hydrogen (secondary N) is 2. The van der Waals surface area contributed by atoms with E-state index in [9.17, 15) is 4.79 Å². The smallest absolute Gasteiger partial charge is 0.220 e. The Morgan fingerprint density at radius 3 is 2.87 bits per heavy atom. The van der Waals surface area contributed by atoms with Crippen LogP contribution in [-0.2, 0) is 4.79 Å². The number of carbonyl (C=O) groups is 1. The second-order valence-electron chi connectivity index (χ2n) is 3.97. The molecule has 15 heavy (non-hydrogen) atoms. The van der Waals surface area contributed by atoms with Gasteiger partial charge < -0.3 is 10.3 Å². The predicted octanol–water partition coefficient (Wildman–Crippen LogP) is 2.12. The Morgan fingerprint density at radius 1 is 1.27 bits per heavy atom. The van der Waals surface area contributed by atoms with Crippen LogP contribution in [0.4, 0.5) is 0 Å². The van der Waals surface area contributed by atoms with E-state index in [0.29, 0.717) is 6.42 Å². The fourth-order valence-corrected chi connectivity index (χ4v) is 2.13. The summed E-state index contributed by atoms with van der Waals surface area (Å²) < 4.78 is 0. The van der Waals surface area contributed by atoms with Gasteiger partial charge >= 0.3 is 0 Å². The number of hydrogen-bond acceptors (Lipinski definition) is 1. The minimum absolute atomic E-state index is 0.152. The van der Waals surface area contributed by atoms with Gasteiger partial charge in [0.15, 0.2) is 0 Å². The van der Waals surface area contributed by atoms with Gasteiger partial charge in [-0.3, -0.25) is 4.79 Å². The Labute approximate surface area is 87.5 Å². The maximum Gasteiger partial charge on any atom is 0.220 e. The molecule has 2 N–H and O–H groups in total. The van der Waals surface area contributed by atoms with Gasteiger partial charge in [0.25, 0.3) is 0 Å². The number of carbonyl (C=O) groups excluding carboxylic acids is 1. The molecule has 0 unspecified atom stereocenters. The number of benzene rings is 1. The highest BCUT2D eigenvalue weighted by atomic mass is 16.1. The van der Waals surface area contributed by atoms with Crippen LogP contribution in [-0.4, -0.2) is 10.9 Å². The summed E-state index contributed by atoms with van der Waals surface area (Å²) in [5, 5.41) is 4.16. The van der Waals surface area contributed by atoms with Gasteiger partial charge in [-0.1, -0.05) is 18.2 Å². The maximum atomic E-state index is 11.1. The first-order valence-corrected chi connectivity index (χ1v) is 5.20. The van der Waals surface area contributed by atoms with Crippen LogP contribution in [0.1, 0.15) is 24.6 Å². The van der Waals surface area contributed by atoms with Gasteiger partial charge in [-0.15, -0.1) is 0 Å². The van der Waals surface area contributed by atoms with Crippen LogP contribution in [0.15, 0.2) is 30.3 Å². The molecule has 1 fully saturated rings. The van der Waals surface area contributed by atoms with Gasteiger partial charge in [0.1, 0.15) is 0 Å². The van der Waals surface area contributed by atoms with Crippen LogP contribution >= 0.6 is 0 Å². The van der Waals surface area contributed by atoms with Crippen molar-refractivity contribution in [2.24, 2.45) is 0 Å². The van der Waals surface area contributed by atoms with E-state index in [1.165, 1.54) is 5.39 Å². The number of rotatable bonds is 1. The van der Waals surface area contributed by atoms with Crippen LogP contribution in [0.2, 0.25) is 0 Å². The minimum Gasteiger partial charge on any atom is -0.357 e. The molecule has 0 radical (unpaired) electrons. The Balaban J connectivity index is 2.01.